The lowest BCUT2D eigenvalue weighted by Crippen LogP contribution is -2.55. The summed E-state index contributed by atoms with van der Waals surface area (Å²) in [6.07, 6.45) is -5.01. The maximum Gasteiger partial charge on any atom is 0.418 e. The van der Waals surface area contributed by atoms with Crippen LogP contribution in [0, 0.1) is 5.92 Å². The molecule has 1 saturated heterocycles. The van der Waals surface area contributed by atoms with Crippen molar-refractivity contribution in [3.05, 3.63) is 35.8 Å². The van der Waals surface area contributed by atoms with Gasteiger partial charge in [-0.15, -0.1) is 0 Å². The number of hydrogen-bond acceptors (Lipinski definition) is 7. The number of nitrogens with two attached hydrogens (primary N) is 1. The molecule has 16 heteroatoms. The number of methoxy groups -OCH3 is 1. The predicted octanol–water partition coefficient (Wildman–Crippen LogP) is 2.72. The number of likely N-dealkylation sites (tertiary alicyclic amines) is 1. The second-order valence-electron chi connectivity index (χ2n) is 9.31. The second-order valence-corrected chi connectivity index (χ2v) is 9.31. The van der Waals surface area contributed by atoms with E-state index in [4.69, 9.17) is 10.5 Å². The summed E-state index contributed by atoms with van der Waals surface area (Å²) in [5.74, 6) is -6.88. The number of nitrogens with one attached hydrogen (secondary N) is 1. The van der Waals surface area contributed by atoms with Crippen molar-refractivity contribution in [2.75, 3.05) is 25.9 Å². The number of carbonyl (C=O) groups excluding carboxylic acids is 2. The highest BCUT2D eigenvalue weighted by molar-refractivity contribution is 5.98. The van der Waals surface area contributed by atoms with Crippen LogP contribution >= 0.6 is 0 Å². The average molecular weight is 557 g/mol. The Morgan fingerprint density at radius 2 is 1.95 bits per heavy atom. The molecular weight excluding hydrogens is 536 g/mol. The van der Waals surface area contributed by atoms with E-state index < -0.39 is 65.4 Å². The van der Waals surface area contributed by atoms with Gasteiger partial charge >= 0.3 is 6.18 Å². The molecule has 0 aromatic carbocycles. The second kappa shape index (κ2) is 9.27. The number of nitrogens with zero attached hydrogens (tertiary/aromatic N) is 5. The van der Waals surface area contributed by atoms with Gasteiger partial charge in [0.15, 0.2) is 5.82 Å². The van der Waals surface area contributed by atoms with Crippen LogP contribution in [0.25, 0.3) is 16.8 Å². The van der Waals surface area contributed by atoms with E-state index >= 15 is 0 Å². The maximum absolute atomic E-state index is 14.7. The summed E-state index contributed by atoms with van der Waals surface area (Å²) < 4.78 is 88.6. The lowest BCUT2D eigenvalue weighted by molar-refractivity contribution is -0.137. The van der Waals surface area contributed by atoms with E-state index in [1.165, 1.54) is 13.2 Å². The number of nitrogen functional groups attached to an aromatic ring is 1. The molecule has 0 radical (unpaired) electrons. The molecule has 10 nitrogen and oxygen atoms in total. The molecule has 2 fully saturated rings. The molecule has 1 saturated carbocycles. The van der Waals surface area contributed by atoms with E-state index in [1.54, 1.807) is 0 Å². The number of rotatable bonds is 5. The first kappa shape index (κ1) is 26.5. The van der Waals surface area contributed by atoms with Crippen LogP contribution in [0.1, 0.15) is 28.8 Å². The van der Waals surface area contributed by atoms with Crippen LogP contribution in [0.3, 0.4) is 0 Å². The Bertz CT molecular complexity index is 1460. The first-order chi connectivity index (χ1) is 18.3. The largest absolute Gasteiger partial charge is 0.480 e. The molecule has 3 unspecified atom stereocenters. The minimum Gasteiger partial charge on any atom is -0.480 e. The number of anilines is 1. The van der Waals surface area contributed by atoms with Gasteiger partial charge in [-0.1, -0.05) is 0 Å². The van der Waals surface area contributed by atoms with Crippen molar-refractivity contribution in [2.24, 2.45) is 5.92 Å². The monoisotopic (exact) mass is 557 g/mol. The number of piperidine rings is 1. The normalized spacial score (nSPS) is 22.5. The van der Waals surface area contributed by atoms with Crippen LogP contribution in [0.2, 0.25) is 0 Å². The molecule has 1 aliphatic heterocycles. The fourth-order valence-corrected chi connectivity index (χ4v) is 4.61. The van der Waals surface area contributed by atoms with Crippen molar-refractivity contribution in [1.29, 1.82) is 0 Å². The van der Waals surface area contributed by atoms with Crippen molar-refractivity contribution < 1.29 is 40.7 Å². The minimum absolute atomic E-state index is 0.0257. The Labute approximate surface area is 216 Å². The fraction of sp³-hybridized carbons (Fsp3) is 0.435. The summed E-state index contributed by atoms with van der Waals surface area (Å²) in [4.78, 5) is 34.3. The fourth-order valence-electron chi connectivity index (χ4n) is 4.61. The lowest BCUT2D eigenvalue weighted by atomic mass is 10.0. The summed E-state index contributed by atoms with van der Waals surface area (Å²) in [7, 11) is 1.20. The van der Waals surface area contributed by atoms with E-state index in [-0.39, 0.29) is 42.2 Å². The van der Waals surface area contributed by atoms with Gasteiger partial charge in [-0.05, 0) is 18.6 Å². The smallest absolute Gasteiger partial charge is 0.418 e. The third kappa shape index (κ3) is 4.78. The zero-order valence-electron chi connectivity index (χ0n) is 20.2. The molecule has 3 N–H and O–H groups in total. The van der Waals surface area contributed by atoms with Gasteiger partial charge in [0.05, 0.1) is 24.4 Å². The quantitative estimate of drug-likeness (QED) is 0.462. The van der Waals surface area contributed by atoms with Crippen LogP contribution in [0.15, 0.2) is 24.7 Å². The number of carbonyl (C=O) groups is 2. The molecule has 1 aliphatic carbocycles. The summed E-state index contributed by atoms with van der Waals surface area (Å²) in [5.41, 5.74) is 3.75. The molecule has 0 bridgehead atoms. The van der Waals surface area contributed by atoms with Crippen molar-refractivity contribution in [3.8, 4) is 17.1 Å². The zero-order valence-corrected chi connectivity index (χ0v) is 20.2. The number of halogens is 6. The molecule has 4 heterocycles. The Balaban J connectivity index is 1.45. The maximum atomic E-state index is 14.7. The van der Waals surface area contributed by atoms with Gasteiger partial charge in [0.1, 0.15) is 29.5 Å². The van der Waals surface area contributed by atoms with E-state index in [2.05, 4.69) is 20.4 Å². The number of hydrogen-bond donors (Lipinski definition) is 2. The van der Waals surface area contributed by atoms with Crippen LogP contribution in [0.5, 0.6) is 5.88 Å². The van der Waals surface area contributed by atoms with Crippen LogP contribution in [0.4, 0.5) is 32.2 Å². The predicted molar refractivity (Wildman–Crippen MR) is 123 cm³/mol. The van der Waals surface area contributed by atoms with Gasteiger partial charge in [-0.25, -0.2) is 27.7 Å². The molecule has 208 valence electrons. The lowest BCUT2D eigenvalue weighted by Gasteiger charge is -2.35. The SMILES string of the molecule is COc1ncc(-c2cc(C(F)(F)F)c3c(N)ncnn23)cc1C(=O)NC1CN(C(=O)C2CC2(F)F)CCC1F. The van der Waals surface area contributed by atoms with Gasteiger partial charge < -0.3 is 20.7 Å². The van der Waals surface area contributed by atoms with Crippen molar-refractivity contribution in [2.45, 2.75) is 37.2 Å². The van der Waals surface area contributed by atoms with Gasteiger partial charge in [0, 0.05) is 31.3 Å². The number of alkyl halides is 6. The molecule has 2 amide bonds. The number of amides is 2. The molecule has 3 atom stereocenters. The van der Waals surface area contributed by atoms with Crippen LogP contribution in [-0.2, 0) is 11.0 Å². The highest BCUT2D eigenvalue weighted by Crippen LogP contribution is 2.49. The first-order valence-electron chi connectivity index (χ1n) is 11.7. The summed E-state index contributed by atoms with van der Waals surface area (Å²) in [6.45, 7) is -0.407. The number of pyridine rings is 1. The minimum atomic E-state index is -4.80. The van der Waals surface area contributed by atoms with E-state index in [1.807, 2.05) is 0 Å². The Morgan fingerprint density at radius 3 is 2.59 bits per heavy atom. The molecule has 0 spiro atoms. The zero-order chi connectivity index (χ0) is 28.3. The Hall–Kier alpha value is -4.11. The third-order valence-electron chi connectivity index (χ3n) is 6.75. The summed E-state index contributed by atoms with van der Waals surface area (Å²) in [5, 5.41) is 6.28. The number of ether oxygens (including phenoxy) is 1. The summed E-state index contributed by atoms with van der Waals surface area (Å²) >= 11 is 0. The topological polar surface area (TPSA) is 128 Å². The third-order valence-corrected chi connectivity index (χ3v) is 6.75. The highest BCUT2D eigenvalue weighted by atomic mass is 19.4. The standard InChI is InChI=1S/C23H21F6N7O3/c1-39-20-11(19(37)34-15-8-35(3-2-14(15)24)21(38)13-6-22(13,25)26)4-10(7-31-20)16-5-12(23(27,28)29)17-18(30)32-9-33-36(16)17/h4-5,7,9,13-15H,2-3,6,8H2,1H3,(H,34,37)(H2,30,32,33). The Morgan fingerprint density at radius 1 is 1.23 bits per heavy atom. The number of fused-ring (bicyclic) bond motifs is 1. The van der Waals surface area contributed by atoms with Crippen LogP contribution in [-0.4, -0.2) is 74.6 Å². The van der Waals surface area contributed by atoms with Gasteiger partial charge in [-0.3, -0.25) is 9.59 Å². The number of aromatic nitrogens is 4. The molecule has 39 heavy (non-hydrogen) atoms. The molecule has 3 aromatic heterocycles. The van der Waals surface area contributed by atoms with Crippen LogP contribution < -0.4 is 15.8 Å². The van der Waals surface area contributed by atoms with Gasteiger partial charge in [-0.2, -0.15) is 18.3 Å². The van der Waals surface area contributed by atoms with E-state index in [0.717, 1.165) is 28.0 Å². The van der Waals surface area contributed by atoms with Gasteiger partial charge in [0.2, 0.25) is 11.8 Å². The van der Waals surface area contributed by atoms with Crippen molar-refractivity contribution in [3.63, 3.8) is 0 Å². The van der Waals surface area contributed by atoms with Gasteiger partial charge in [0.25, 0.3) is 11.8 Å². The Kier molecular flexibility index (Phi) is 6.30. The van der Waals surface area contributed by atoms with E-state index in [9.17, 15) is 35.9 Å². The van der Waals surface area contributed by atoms with Crippen molar-refractivity contribution in [1.82, 2.24) is 29.8 Å². The molecular formula is C23H21F6N7O3. The first-order valence-corrected chi connectivity index (χ1v) is 11.7. The van der Waals surface area contributed by atoms with E-state index in [0.29, 0.717) is 0 Å². The van der Waals surface area contributed by atoms with Crippen molar-refractivity contribution >= 4 is 23.1 Å². The highest BCUT2D eigenvalue weighted by Gasteiger charge is 2.62. The average Bonchev–Trinajstić information content (AvgIpc) is 3.33. The molecule has 5 rings (SSSR count). The molecule has 3 aromatic rings. The summed E-state index contributed by atoms with van der Waals surface area (Å²) in [6, 6.07) is 0.737. The molecule has 2 aliphatic rings.